The smallest absolute Gasteiger partial charge is 0.354 e. The minimum absolute atomic E-state index is 0.258. The number of carbonyl (C=O) groups is 1. The fraction of sp³-hybridized carbons (Fsp3) is 0.400. The van der Waals surface area contributed by atoms with Crippen LogP contribution < -0.4 is 0 Å². The Bertz CT molecular complexity index is 876. The van der Waals surface area contributed by atoms with E-state index in [1.807, 2.05) is 12.1 Å². The van der Waals surface area contributed by atoms with Crippen LogP contribution in [0.3, 0.4) is 0 Å². The Morgan fingerprint density at radius 2 is 1.84 bits per heavy atom. The summed E-state index contributed by atoms with van der Waals surface area (Å²) in [7, 11) is 0. The molecule has 3 rings (SSSR count). The fourth-order valence-electron chi connectivity index (χ4n) is 3.16. The van der Waals surface area contributed by atoms with Crippen LogP contribution in [-0.4, -0.2) is 25.4 Å². The molecular formula is C20H25N3O2. The maximum Gasteiger partial charge on any atom is 0.354 e. The highest BCUT2D eigenvalue weighted by Crippen LogP contribution is 2.30. The number of aromatic nitrogens is 3. The molecule has 0 radical (unpaired) electrons. The van der Waals surface area contributed by atoms with E-state index in [-0.39, 0.29) is 5.69 Å². The summed E-state index contributed by atoms with van der Waals surface area (Å²) in [6.07, 6.45) is 6.28. The summed E-state index contributed by atoms with van der Waals surface area (Å²) >= 11 is 0. The number of rotatable bonds is 8. The molecule has 0 bridgehead atoms. The van der Waals surface area contributed by atoms with Crippen molar-refractivity contribution in [1.29, 1.82) is 0 Å². The standard InChI is InChI=1S/C20H25N3O2/c1-3-5-11-22-14-16(15-9-7-8-10-18(15)22)17-13-19(20(24)25)23(21-17)12-6-4-2/h7-10,13-14H,3-6,11-12H2,1-2H3,(H,24,25). The van der Waals surface area contributed by atoms with Crippen molar-refractivity contribution >= 4 is 16.9 Å². The number of hydrogen-bond donors (Lipinski definition) is 1. The van der Waals surface area contributed by atoms with Crippen molar-refractivity contribution in [3.63, 3.8) is 0 Å². The van der Waals surface area contributed by atoms with E-state index in [9.17, 15) is 9.90 Å². The van der Waals surface area contributed by atoms with E-state index in [1.54, 1.807) is 10.7 Å². The number of aromatic carboxylic acids is 1. The van der Waals surface area contributed by atoms with Crippen molar-refractivity contribution < 1.29 is 9.90 Å². The second-order valence-corrected chi connectivity index (χ2v) is 6.40. The molecule has 132 valence electrons. The predicted molar refractivity (Wildman–Crippen MR) is 99.9 cm³/mol. The van der Waals surface area contributed by atoms with E-state index < -0.39 is 5.97 Å². The minimum atomic E-state index is -0.926. The van der Waals surface area contributed by atoms with E-state index in [4.69, 9.17) is 0 Å². The Kier molecular flexibility index (Phi) is 5.22. The Balaban J connectivity index is 2.08. The van der Waals surface area contributed by atoms with Crippen LogP contribution in [0.2, 0.25) is 0 Å². The lowest BCUT2D eigenvalue weighted by Gasteiger charge is -2.02. The third-order valence-corrected chi connectivity index (χ3v) is 4.54. The lowest BCUT2D eigenvalue weighted by molar-refractivity contribution is 0.0683. The molecule has 2 aromatic heterocycles. The van der Waals surface area contributed by atoms with Gasteiger partial charge in [0.05, 0.1) is 5.69 Å². The van der Waals surface area contributed by atoms with Gasteiger partial charge in [-0.05, 0) is 25.0 Å². The fourth-order valence-corrected chi connectivity index (χ4v) is 3.16. The highest BCUT2D eigenvalue weighted by molar-refractivity contribution is 5.96. The molecule has 0 unspecified atom stereocenters. The molecule has 0 aliphatic rings. The zero-order valence-electron chi connectivity index (χ0n) is 14.9. The summed E-state index contributed by atoms with van der Waals surface area (Å²) in [5.74, 6) is -0.926. The zero-order chi connectivity index (χ0) is 17.8. The van der Waals surface area contributed by atoms with E-state index >= 15 is 0 Å². The molecule has 0 aliphatic heterocycles. The molecule has 5 nitrogen and oxygen atoms in total. The van der Waals surface area contributed by atoms with E-state index in [2.05, 4.69) is 41.8 Å². The SMILES string of the molecule is CCCCn1nc(-c2cn(CCCC)c3ccccc23)cc1C(=O)O. The first-order chi connectivity index (χ1) is 12.2. The molecule has 1 aromatic carbocycles. The Morgan fingerprint density at radius 3 is 2.56 bits per heavy atom. The molecular weight excluding hydrogens is 314 g/mol. The molecule has 0 amide bonds. The number of fused-ring (bicyclic) bond motifs is 1. The maximum atomic E-state index is 11.6. The van der Waals surface area contributed by atoms with Crippen LogP contribution in [0.1, 0.15) is 50.0 Å². The molecule has 25 heavy (non-hydrogen) atoms. The largest absolute Gasteiger partial charge is 0.477 e. The number of aryl methyl sites for hydroxylation is 2. The van der Waals surface area contributed by atoms with Gasteiger partial charge in [0.15, 0.2) is 0 Å². The van der Waals surface area contributed by atoms with Crippen LogP contribution >= 0.6 is 0 Å². The predicted octanol–water partition coefficient (Wildman–Crippen LogP) is 4.80. The first-order valence-corrected chi connectivity index (χ1v) is 9.05. The monoisotopic (exact) mass is 339 g/mol. The van der Waals surface area contributed by atoms with Gasteiger partial charge in [0.2, 0.25) is 0 Å². The summed E-state index contributed by atoms with van der Waals surface area (Å²) in [6, 6.07) is 9.95. The van der Waals surface area contributed by atoms with Crippen LogP contribution in [-0.2, 0) is 13.1 Å². The molecule has 2 heterocycles. The second kappa shape index (κ2) is 7.55. The van der Waals surface area contributed by atoms with Crippen molar-refractivity contribution in [2.24, 2.45) is 0 Å². The molecule has 1 N–H and O–H groups in total. The zero-order valence-corrected chi connectivity index (χ0v) is 14.9. The van der Waals surface area contributed by atoms with Gasteiger partial charge in [-0.1, -0.05) is 44.9 Å². The van der Waals surface area contributed by atoms with Crippen molar-refractivity contribution in [3.05, 3.63) is 42.2 Å². The van der Waals surface area contributed by atoms with Gasteiger partial charge in [0.25, 0.3) is 0 Å². The van der Waals surface area contributed by atoms with Gasteiger partial charge in [0.1, 0.15) is 5.69 Å². The number of carboxylic acids is 1. The average molecular weight is 339 g/mol. The highest BCUT2D eigenvalue weighted by Gasteiger charge is 2.18. The molecule has 0 saturated carbocycles. The maximum absolute atomic E-state index is 11.6. The van der Waals surface area contributed by atoms with Gasteiger partial charge in [-0.3, -0.25) is 4.68 Å². The number of benzene rings is 1. The Labute approximate surface area is 147 Å². The summed E-state index contributed by atoms with van der Waals surface area (Å²) < 4.78 is 3.87. The Morgan fingerprint density at radius 1 is 1.12 bits per heavy atom. The number of carboxylic acid groups (broad SMARTS) is 1. The van der Waals surface area contributed by atoms with Gasteiger partial charge in [-0.15, -0.1) is 0 Å². The lowest BCUT2D eigenvalue weighted by Crippen LogP contribution is -2.09. The third-order valence-electron chi connectivity index (χ3n) is 4.54. The number of hydrogen-bond acceptors (Lipinski definition) is 2. The van der Waals surface area contributed by atoms with Gasteiger partial charge in [-0.25, -0.2) is 4.79 Å². The molecule has 0 spiro atoms. The summed E-state index contributed by atoms with van der Waals surface area (Å²) in [4.78, 5) is 11.6. The van der Waals surface area contributed by atoms with Crippen LogP contribution in [0, 0.1) is 0 Å². The van der Waals surface area contributed by atoms with Crippen molar-refractivity contribution in [2.45, 2.75) is 52.6 Å². The van der Waals surface area contributed by atoms with Gasteiger partial charge >= 0.3 is 5.97 Å². The van der Waals surface area contributed by atoms with Crippen molar-refractivity contribution in [2.75, 3.05) is 0 Å². The van der Waals surface area contributed by atoms with Gasteiger partial charge in [-0.2, -0.15) is 5.10 Å². The molecule has 0 aliphatic carbocycles. The summed E-state index contributed by atoms with van der Waals surface area (Å²) in [5, 5.41) is 15.2. The average Bonchev–Trinajstić information content (AvgIpc) is 3.20. The van der Waals surface area contributed by atoms with Crippen LogP contribution in [0.4, 0.5) is 0 Å². The van der Waals surface area contributed by atoms with E-state index in [0.717, 1.165) is 48.9 Å². The van der Waals surface area contributed by atoms with E-state index in [1.165, 1.54) is 5.52 Å². The minimum Gasteiger partial charge on any atom is -0.477 e. The summed E-state index contributed by atoms with van der Waals surface area (Å²) in [5.41, 5.74) is 3.17. The lowest BCUT2D eigenvalue weighted by atomic mass is 10.1. The highest BCUT2D eigenvalue weighted by atomic mass is 16.4. The third kappa shape index (κ3) is 3.45. The normalized spacial score (nSPS) is 11.3. The molecule has 0 fully saturated rings. The van der Waals surface area contributed by atoms with Crippen LogP contribution in [0.5, 0.6) is 0 Å². The first-order valence-electron chi connectivity index (χ1n) is 9.05. The summed E-state index contributed by atoms with van der Waals surface area (Å²) in [6.45, 7) is 5.86. The quantitative estimate of drug-likeness (QED) is 0.641. The number of para-hydroxylation sites is 1. The molecule has 3 aromatic rings. The topological polar surface area (TPSA) is 60.0 Å². The van der Waals surface area contributed by atoms with Crippen LogP contribution in [0.15, 0.2) is 36.5 Å². The van der Waals surface area contributed by atoms with Crippen molar-refractivity contribution in [3.8, 4) is 11.3 Å². The number of nitrogens with zero attached hydrogens (tertiary/aromatic N) is 3. The second-order valence-electron chi connectivity index (χ2n) is 6.40. The van der Waals surface area contributed by atoms with Gasteiger partial charge in [0, 0.05) is 35.8 Å². The Hall–Kier alpha value is -2.56. The molecule has 0 saturated heterocycles. The van der Waals surface area contributed by atoms with Crippen molar-refractivity contribution in [1.82, 2.24) is 14.3 Å². The molecule has 5 heteroatoms. The molecule has 0 atom stereocenters. The van der Waals surface area contributed by atoms with Gasteiger partial charge < -0.3 is 9.67 Å². The first kappa shape index (κ1) is 17.3. The van der Waals surface area contributed by atoms with E-state index in [0.29, 0.717) is 6.54 Å². The van der Waals surface area contributed by atoms with Crippen LogP contribution in [0.25, 0.3) is 22.2 Å². The number of unbranched alkanes of at least 4 members (excludes halogenated alkanes) is 2.